The number of carbonyl (C=O) groups excluding carboxylic acids is 3. The topological polar surface area (TPSA) is 88.3 Å². The van der Waals surface area contributed by atoms with Crippen molar-refractivity contribution in [3.05, 3.63) is 58.4 Å². The average molecular weight is 370 g/mol. The second-order valence-corrected chi connectivity index (χ2v) is 6.54. The number of fused-ring (bicyclic) bond motifs is 1. The maximum atomic E-state index is 12.5. The summed E-state index contributed by atoms with van der Waals surface area (Å²) in [7, 11) is 0. The highest BCUT2D eigenvalue weighted by Crippen LogP contribution is 2.20. The van der Waals surface area contributed by atoms with E-state index in [2.05, 4.69) is 10.3 Å². The molecular formula is C19H18N2O4S. The molecule has 2 heterocycles. The highest BCUT2D eigenvalue weighted by Gasteiger charge is 2.22. The van der Waals surface area contributed by atoms with Crippen molar-refractivity contribution in [3.8, 4) is 0 Å². The Morgan fingerprint density at radius 2 is 2.04 bits per heavy atom. The highest BCUT2D eigenvalue weighted by molar-refractivity contribution is 7.08. The van der Waals surface area contributed by atoms with E-state index in [4.69, 9.17) is 4.74 Å². The van der Waals surface area contributed by atoms with Crippen molar-refractivity contribution in [2.45, 2.75) is 19.4 Å². The number of hydrogen-bond donors (Lipinski definition) is 2. The zero-order chi connectivity index (χ0) is 18.5. The van der Waals surface area contributed by atoms with Crippen molar-refractivity contribution in [1.29, 1.82) is 0 Å². The van der Waals surface area contributed by atoms with Crippen molar-refractivity contribution >= 4 is 39.9 Å². The number of rotatable bonds is 7. The van der Waals surface area contributed by atoms with E-state index in [1.54, 1.807) is 29.9 Å². The number of H-pyrrole nitrogens is 1. The van der Waals surface area contributed by atoms with Gasteiger partial charge in [0.05, 0.1) is 6.42 Å². The molecule has 0 saturated carbocycles. The Labute approximate surface area is 154 Å². The van der Waals surface area contributed by atoms with E-state index in [9.17, 15) is 14.4 Å². The lowest BCUT2D eigenvalue weighted by Gasteiger charge is -2.12. The quantitative estimate of drug-likeness (QED) is 0.494. The van der Waals surface area contributed by atoms with Crippen LogP contribution >= 0.6 is 11.3 Å². The maximum absolute atomic E-state index is 12.5. The van der Waals surface area contributed by atoms with Crippen molar-refractivity contribution in [1.82, 2.24) is 10.3 Å². The number of esters is 1. The van der Waals surface area contributed by atoms with Gasteiger partial charge in [0.15, 0.2) is 6.10 Å². The summed E-state index contributed by atoms with van der Waals surface area (Å²) < 4.78 is 5.21. The van der Waals surface area contributed by atoms with Crippen LogP contribution in [0.2, 0.25) is 0 Å². The predicted octanol–water partition coefficient (Wildman–Crippen LogP) is 3.16. The molecule has 0 radical (unpaired) electrons. The van der Waals surface area contributed by atoms with Crippen LogP contribution in [0.1, 0.15) is 34.1 Å². The first kappa shape index (κ1) is 17.9. The molecule has 7 heteroatoms. The van der Waals surface area contributed by atoms with E-state index in [1.807, 2.05) is 24.3 Å². The number of para-hydroxylation sites is 1. The van der Waals surface area contributed by atoms with Crippen molar-refractivity contribution in [3.63, 3.8) is 0 Å². The van der Waals surface area contributed by atoms with Crippen LogP contribution in [0.4, 0.5) is 0 Å². The monoisotopic (exact) mass is 370 g/mol. The van der Waals surface area contributed by atoms with Crippen LogP contribution in [0.15, 0.2) is 47.3 Å². The number of ketones is 1. The molecule has 2 N–H and O–H groups in total. The summed E-state index contributed by atoms with van der Waals surface area (Å²) in [5.41, 5.74) is 1.91. The van der Waals surface area contributed by atoms with Gasteiger partial charge in [-0.25, -0.2) is 0 Å². The fourth-order valence-corrected chi connectivity index (χ4v) is 3.21. The molecule has 26 heavy (non-hydrogen) atoms. The lowest BCUT2D eigenvalue weighted by Crippen LogP contribution is -2.29. The molecule has 0 fully saturated rings. The van der Waals surface area contributed by atoms with Crippen LogP contribution in [-0.4, -0.2) is 35.3 Å². The van der Waals surface area contributed by atoms with Gasteiger partial charge >= 0.3 is 5.97 Å². The highest BCUT2D eigenvalue weighted by atomic mass is 32.1. The van der Waals surface area contributed by atoms with Gasteiger partial charge < -0.3 is 15.0 Å². The molecule has 0 aliphatic rings. The Bertz CT molecular complexity index is 930. The van der Waals surface area contributed by atoms with Crippen molar-refractivity contribution < 1.29 is 19.1 Å². The van der Waals surface area contributed by atoms with E-state index in [0.29, 0.717) is 11.1 Å². The molecule has 1 atom stereocenters. The van der Waals surface area contributed by atoms with Crippen molar-refractivity contribution in [2.75, 3.05) is 6.54 Å². The molecule has 1 amide bonds. The van der Waals surface area contributed by atoms with Gasteiger partial charge in [-0.3, -0.25) is 14.4 Å². The third kappa shape index (κ3) is 4.00. The van der Waals surface area contributed by atoms with E-state index in [1.165, 1.54) is 11.3 Å². The standard InChI is InChI=1S/C19H18N2O4S/c1-12(18(23)15-10-21-16-5-3-2-4-14(15)16)25-17(22)6-8-20-19(24)13-7-9-26-11-13/h2-5,7,9-12,21H,6,8H2,1H3,(H,20,24). The number of carbonyl (C=O) groups is 3. The van der Waals surface area contributed by atoms with Gasteiger partial charge in [-0.15, -0.1) is 0 Å². The van der Waals surface area contributed by atoms with Gasteiger partial charge in [0.25, 0.3) is 5.91 Å². The van der Waals surface area contributed by atoms with E-state index < -0.39 is 12.1 Å². The first-order valence-electron chi connectivity index (χ1n) is 8.16. The minimum absolute atomic E-state index is 0.00137. The number of amides is 1. The lowest BCUT2D eigenvalue weighted by atomic mass is 10.1. The van der Waals surface area contributed by atoms with Crippen LogP contribution in [0, 0.1) is 0 Å². The lowest BCUT2D eigenvalue weighted by molar-refractivity contribution is -0.146. The Morgan fingerprint density at radius 1 is 1.23 bits per heavy atom. The smallest absolute Gasteiger partial charge is 0.308 e. The van der Waals surface area contributed by atoms with Gasteiger partial charge in [-0.1, -0.05) is 18.2 Å². The SMILES string of the molecule is CC(OC(=O)CCNC(=O)c1ccsc1)C(=O)c1c[nH]c2ccccc12. The van der Waals surface area contributed by atoms with Gasteiger partial charge in [0.1, 0.15) is 0 Å². The molecule has 0 aliphatic carbocycles. The molecule has 0 bridgehead atoms. The largest absolute Gasteiger partial charge is 0.454 e. The van der Waals surface area contributed by atoms with Crippen LogP contribution in [0.5, 0.6) is 0 Å². The van der Waals surface area contributed by atoms with E-state index in [0.717, 1.165) is 10.9 Å². The van der Waals surface area contributed by atoms with Crippen LogP contribution in [-0.2, 0) is 9.53 Å². The van der Waals surface area contributed by atoms with Crippen LogP contribution in [0.3, 0.4) is 0 Å². The minimum atomic E-state index is -0.894. The first-order chi connectivity index (χ1) is 12.6. The summed E-state index contributed by atoms with van der Waals surface area (Å²) in [4.78, 5) is 39.3. The zero-order valence-corrected chi connectivity index (χ0v) is 15.0. The fourth-order valence-electron chi connectivity index (χ4n) is 2.58. The van der Waals surface area contributed by atoms with Gasteiger partial charge in [0.2, 0.25) is 5.78 Å². The first-order valence-corrected chi connectivity index (χ1v) is 9.10. The summed E-state index contributed by atoms with van der Waals surface area (Å²) in [6.45, 7) is 1.70. The summed E-state index contributed by atoms with van der Waals surface area (Å²) in [5.74, 6) is -1.03. The molecule has 134 valence electrons. The number of aromatic nitrogens is 1. The Hall–Kier alpha value is -2.93. The maximum Gasteiger partial charge on any atom is 0.308 e. The second-order valence-electron chi connectivity index (χ2n) is 5.76. The number of thiophene rings is 1. The van der Waals surface area contributed by atoms with Crippen LogP contribution in [0.25, 0.3) is 10.9 Å². The van der Waals surface area contributed by atoms with Gasteiger partial charge in [-0.05, 0) is 24.4 Å². The van der Waals surface area contributed by atoms with Gasteiger partial charge in [0, 0.05) is 40.2 Å². The van der Waals surface area contributed by atoms with Crippen LogP contribution < -0.4 is 5.32 Å². The molecule has 1 unspecified atom stereocenters. The fraction of sp³-hybridized carbons (Fsp3) is 0.211. The molecular weight excluding hydrogens is 352 g/mol. The predicted molar refractivity (Wildman–Crippen MR) is 99.5 cm³/mol. The number of nitrogens with one attached hydrogen (secondary N) is 2. The minimum Gasteiger partial charge on any atom is -0.454 e. The second kappa shape index (κ2) is 7.97. The molecule has 0 saturated heterocycles. The molecule has 2 aromatic heterocycles. The number of aromatic amines is 1. The van der Waals surface area contributed by atoms with E-state index in [-0.39, 0.29) is 24.7 Å². The molecule has 3 aromatic rings. The number of Topliss-reactive ketones (excluding diaryl/α,β-unsaturated/α-hetero) is 1. The average Bonchev–Trinajstić information content (AvgIpc) is 3.30. The third-order valence-corrected chi connectivity index (χ3v) is 4.61. The third-order valence-electron chi connectivity index (χ3n) is 3.93. The molecule has 1 aromatic carbocycles. The molecule has 6 nitrogen and oxygen atoms in total. The Balaban J connectivity index is 1.51. The summed E-state index contributed by atoms with van der Waals surface area (Å²) in [5, 5.41) is 6.98. The Kier molecular flexibility index (Phi) is 5.48. The summed E-state index contributed by atoms with van der Waals surface area (Å²) in [6, 6.07) is 9.15. The Morgan fingerprint density at radius 3 is 2.81 bits per heavy atom. The summed E-state index contributed by atoms with van der Waals surface area (Å²) in [6.07, 6.45) is 0.731. The molecule has 0 aliphatic heterocycles. The summed E-state index contributed by atoms with van der Waals surface area (Å²) >= 11 is 1.43. The van der Waals surface area contributed by atoms with Crippen molar-refractivity contribution in [2.24, 2.45) is 0 Å². The van der Waals surface area contributed by atoms with E-state index >= 15 is 0 Å². The zero-order valence-electron chi connectivity index (χ0n) is 14.2. The molecule has 0 spiro atoms. The number of benzene rings is 1. The number of hydrogen-bond acceptors (Lipinski definition) is 5. The molecule has 3 rings (SSSR count). The normalized spacial score (nSPS) is 11.9. The number of ether oxygens (including phenoxy) is 1. The van der Waals surface area contributed by atoms with Gasteiger partial charge in [-0.2, -0.15) is 11.3 Å².